The number of hydrogen-bond acceptors (Lipinski definition) is 2. The maximum Gasteiger partial charge on any atom is 0.123 e. The van der Waals surface area contributed by atoms with Gasteiger partial charge in [0.15, 0.2) is 0 Å². The van der Waals surface area contributed by atoms with Crippen LogP contribution in [0.2, 0.25) is 0 Å². The second-order valence-electron chi connectivity index (χ2n) is 7.11. The molecule has 0 spiro atoms. The topological polar surface area (TPSA) is 33.0 Å². The van der Waals surface area contributed by atoms with Crippen molar-refractivity contribution in [3.8, 4) is 11.8 Å². The van der Waals surface area contributed by atoms with Gasteiger partial charge in [-0.25, -0.2) is 0 Å². The summed E-state index contributed by atoms with van der Waals surface area (Å²) in [6, 6.07) is 9.12. The zero-order chi connectivity index (χ0) is 13.7. The van der Waals surface area contributed by atoms with Crippen LogP contribution in [0.3, 0.4) is 0 Å². The summed E-state index contributed by atoms with van der Waals surface area (Å²) in [5.74, 6) is 2.48. The van der Waals surface area contributed by atoms with Gasteiger partial charge in [0.05, 0.1) is 11.5 Å². The highest BCUT2D eigenvalue weighted by Gasteiger charge is 2.52. The molecule has 2 heteroatoms. The molecule has 3 aliphatic rings. The van der Waals surface area contributed by atoms with Crippen molar-refractivity contribution in [2.24, 2.45) is 17.3 Å². The largest absolute Gasteiger partial charge is 0.490 e. The number of ether oxygens (including phenoxy) is 1. The molecule has 2 saturated carbocycles. The molecule has 2 aliphatic carbocycles. The van der Waals surface area contributed by atoms with Crippen LogP contribution in [0.4, 0.5) is 0 Å². The molecule has 0 aromatic heterocycles. The third kappa shape index (κ3) is 1.76. The lowest BCUT2D eigenvalue weighted by atomic mass is 9.70. The van der Waals surface area contributed by atoms with Crippen LogP contribution in [0, 0.1) is 35.5 Å². The molecule has 4 atom stereocenters. The molecular weight excluding hydrogens is 246 g/mol. The molecule has 4 unspecified atom stereocenters. The van der Waals surface area contributed by atoms with E-state index in [1.165, 1.54) is 30.4 Å². The van der Waals surface area contributed by atoms with Gasteiger partial charge in [0.1, 0.15) is 11.9 Å². The van der Waals surface area contributed by atoms with E-state index in [1.807, 2.05) is 0 Å². The Hall–Kier alpha value is -1.49. The van der Waals surface area contributed by atoms with Crippen molar-refractivity contribution in [2.45, 2.75) is 51.6 Å². The number of fused-ring (bicyclic) bond motifs is 3. The number of nitrogens with zero attached hydrogens (tertiary/aromatic N) is 1. The van der Waals surface area contributed by atoms with E-state index < -0.39 is 0 Å². The molecule has 1 heterocycles. The van der Waals surface area contributed by atoms with Crippen molar-refractivity contribution in [3.05, 3.63) is 29.3 Å². The lowest BCUT2D eigenvalue weighted by Gasteiger charge is -2.32. The van der Waals surface area contributed by atoms with Crippen LogP contribution in [0.25, 0.3) is 0 Å². The van der Waals surface area contributed by atoms with Crippen molar-refractivity contribution in [2.75, 3.05) is 0 Å². The molecule has 0 N–H and O–H groups in total. The van der Waals surface area contributed by atoms with Gasteiger partial charge in [-0.1, -0.05) is 24.1 Å². The van der Waals surface area contributed by atoms with E-state index in [0.29, 0.717) is 5.92 Å². The number of nitriles is 1. The van der Waals surface area contributed by atoms with Crippen molar-refractivity contribution < 1.29 is 4.74 Å². The Morgan fingerprint density at radius 1 is 1.40 bits per heavy atom. The van der Waals surface area contributed by atoms with E-state index in [-0.39, 0.29) is 11.5 Å². The second-order valence-corrected chi connectivity index (χ2v) is 7.11. The van der Waals surface area contributed by atoms with Gasteiger partial charge in [0.2, 0.25) is 0 Å². The third-order valence-electron chi connectivity index (χ3n) is 5.75. The molecular formula is C18H21NO. The monoisotopic (exact) mass is 267 g/mol. The zero-order valence-corrected chi connectivity index (χ0v) is 12.1. The second kappa shape index (κ2) is 4.25. The average Bonchev–Trinajstić information content (AvgIpc) is 3.11. The van der Waals surface area contributed by atoms with E-state index in [2.05, 4.69) is 31.2 Å². The minimum Gasteiger partial charge on any atom is -0.490 e. The van der Waals surface area contributed by atoms with Crippen molar-refractivity contribution in [3.63, 3.8) is 0 Å². The SMILES string of the molecule is Cc1ccc2c(c1)CC(CC1(C#N)CC3CCC1C3)O2. The van der Waals surface area contributed by atoms with Crippen LogP contribution in [0.1, 0.15) is 43.2 Å². The van der Waals surface area contributed by atoms with Gasteiger partial charge >= 0.3 is 0 Å². The summed E-state index contributed by atoms with van der Waals surface area (Å²) in [4.78, 5) is 0. The predicted octanol–water partition coefficient (Wildman–Crippen LogP) is 4.02. The fourth-order valence-electron chi connectivity index (χ4n) is 4.85. The summed E-state index contributed by atoms with van der Waals surface area (Å²) in [6.07, 6.45) is 7.13. The first-order chi connectivity index (χ1) is 9.68. The van der Waals surface area contributed by atoms with E-state index in [9.17, 15) is 5.26 Å². The molecule has 2 fully saturated rings. The van der Waals surface area contributed by atoms with Crippen LogP contribution >= 0.6 is 0 Å². The Morgan fingerprint density at radius 2 is 2.30 bits per heavy atom. The Labute approximate surface area is 120 Å². The number of hydrogen-bond donors (Lipinski definition) is 0. The normalized spacial score (nSPS) is 37.5. The number of aryl methyl sites for hydroxylation is 1. The Balaban J connectivity index is 1.53. The molecule has 1 aliphatic heterocycles. The maximum atomic E-state index is 9.75. The fraction of sp³-hybridized carbons (Fsp3) is 0.611. The molecule has 2 nitrogen and oxygen atoms in total. The first kappa shape index (κ1) is 12.3. The summed E-state index contributed by atoms with van der Waals surface area (Å²) >= 11 is 0. The minimum atomic E-state index is -0.0926. The molecule has 20 heavy (non-hydrogen) atoms. The lowest BCUT2D eigenvalue weighted by Crippen LogP contribution is -2.32. The maximum absolute atomic E-state index is 9.75. The molecule has 4 rings (SSSR count). The fourth-order valence-corrected chi connectivity index (χ4v) is 4.85. The van der Waals surface area contributed by atoms with E-state index in [0.717, 1.165) is 30.9 Å². The summed E-state index contributed by atoms with van der Waals surface area (Å²) in [5.41, 5.74) is 2.53. The summed E-state index contributed by atoms with van der Waals surface area (Å²) in [6.45, 7) is 2.13. The molecule has 0 radical (unpaired) electrons. The van der Waals surface area contributed by atoms with E-state index >= 15 is 0 Å². The van der Waals surface area contributed by atoms with Crippen LogP contribution in [-0.2, 0) is 6.42 Å². The predicted molar refractivity (Wildman–Crippen MR) is 77.4 cm³/mol. The van der Waals surface area contributed by atoms with Gasteiger partial charge in [-0.15, -0.1) is 0 Å². The average molecular weight is 267 g/mol. The van der Waals surface area contributed by atoms with Gasteiger partial charge < -0.3 is 4.74 Å². The van der Waals surface area contributed by atoms with E-state index in [1.54, 1.807) is 0 Å². The van der Waals surface area contributed by atoms with Crippen LogP contribution in [-0.4, -0.2) is 6.10 Å². The van der Waals surface area contributed by atoms with Crippen LogP contribution in [0.15, 0.2) is 18.2 Å². The minimum absolute atomic E-state index is 0.0926. The molecule has 0 saturated heterocycles. The highest BCUT2D eigenvalue weighted by molar-refractivity contribution is 5.40. The Bertz CT molecular complexity index is 588. The van der Waals surface area contributed by atoms with Gasteiger partial charge in [-0.2, -0.15) is 5.26 Å². The van der Waals surface area contributed by atoms with Crippen molar-refractivity contribution in [1.29, 1.82) is 5.26 Å². The van der Waals surface area contributed by atoms with Gasteiger partial charge in [-0.05, 0) is 49.7 Å². The van der Waals surface area contributed by atoms with Gasteiger partial charge in [0, 0.05) is 12.8 Å². The van der Waals surface area contributed by atoms with Crippen LogP contribution in [0.5, 0.6) is 5.75 Å². The van der Waals surface area contributed by atoms with Gasteiger partial charge in [0.25, 0.3) is 0 Å². The smallest absolute Gasteiger partial charge is 0.123 e. The van der Waals surface area contributed by atoms with E-state index in [4.69, 9.17) is 4.74 Å². The molecule has 0 amide bonds. The van der Waals surface area contributed by atoms with Crippen LogP contribution < -0.4 is 4.74 Å². The zero-order valence-electron chi connectivity index (χ0n) is 12.1. The molecule has 104 valence electrons. The van der Waals surface area contributed by atoms with Crippen molar-refractivity contribution >= 4 is 0 Å². The Kier molecular flexibility index (Phi) is 2.61. The quantitative estimate of drug-likeness (QED) is 0.810. The first-order valence-electron chi connectivity index (χ1n) is 7.86. The Morgan fingerprint density at radius 3 is 3.00 bits per heavy atom. The molecule has 1 aromatic rings. The first-order valence-corrected chi connectivity index (χ1v) is 7.86. The van der Waals surface area contributed by atoms with Crippen molar-refractivity contribution in [1.82, 2.24) is 0 Å². The third-order valence-corrected chi connectivity index (χ3v) is 5.75. The lowest BCUT2D eigenvalue weighted by molar-refractivity contribution is 0.126. The highest BCUT2D eigenvalue weighted by atomic mass is 16.5. The standard InChI is InChI=1S/C18H21NO/c1-12-2-5-17-14(6-12)8-16(20-17)10-18(11-19)9-13-3-4-15(18)7-13/h2,5-6,13,15-16H,3-4,7-10H2,1H3. The summed E-state index contributed by atoms with van der Waals surface area (Å²) < 4.78 is 6.11. The molecule has 2 bridgehead atoms. The van der Waals surface area contributed by atoms with Gasteiger partial charge in [-0.3, -0.25) is 0 Å². The highest BCUT2D eigenvalue weighted by Crippen LogP contribution is 2.58. The number of rotatable bonds is 2. The number of benzene rings is 1. The summed E-state index contributed by atoms with van der Waals surface area (Å²) in [7, 11) is 0. The summed E-state index contributed by atoms with van der Waals surface area (Å²) in [5, 5.41) is 9.75. The molecule has 1 aromatic carbocycles.